The van der Waals surface area contributed by atoms with Crippen molar-refractivity contribution in [3.63, 3.8) is 0 Å². The molecule has 1 saturated carbocycles. The van der Waals surface area contributed by atoms with Gasteiger partial charge < -0.3 is 5.32 Å². The third-order valence-electron chi connectivity index (χ3n) is 3.12. The fourth-order valence-electron chi connectivity index (χ4n) is 2.14. The first-order valence-corrected chi connectivity index (χ1v) is 5.71. The number of nitrogens with zero attached hydrogens (tertiary/aromatic N) is 1. The summed E-state index contributed by atoms with van der Waals surface area (Å²) in [6, 6.07) is 7.12. The molecule has 2 nitrogen and oxygen atoms in total. The molecule has 1 aliphatic rings. The minimum absolute atomic E-state index is 0.287. The van der Waals surface area contributed by atoms with Gasteiger partial charge in [0.05, 0.1) is 11.6 Å². The van der Waals surface area contributed by atoms with Gasteiger partial charge in [-0.05, 0) is 25.0 Å². The molecule has 0 aliphatic heterocycles. The molecule has 0 amide bonds. The highest BCUT2D eigenvalue weighted by molar-refractivity contribution is 5.32. The first kappa shape index (κ1) is 11.1. The van der Waals surface area contributed by atoms with Crippen LogP contribution in [0.3, 0.4) is 0 Å². The van der Waals surface area contributed by atoms with E-state index in [9.17, 15) is 4.39 Å². The van der Waals surface area contributed by atoms with E-state index in [1.54, 1.807) is 12.1 Å². The first-order valence-electron chi connectivity index (χ1n) is 5.71. The van der Waals surface area contributed by atoms with Crippen LogP contribution in [-0.4, -0.2) is 6.04 Å². The van der Waals surface area contributed by atoms with Crippen molar-refractivity contribution in [2.75, 3.05) is 0 Å². The molecule has 1 aromatic rings. The van der Waals surface area contributed by atoms with Crippen LogP contribution in [0, 0.1) is 17.1 Å². The molecular formula is C13H15FN2. The Hall–Kier alpha value is -1.40. The number of nitrogens with one attached hydrogen (secondary N) is 1. The molecule has 0 bridgehead atoms. The molecule has 1 aliphatic carbocycles. The number of rotatable bonds is 3. The molecule has 1 fully saturated rings. The molecule has 2 rings (SSSR count). The minimum atomic E-state index is -0.287. The second-order valence-electron chi connectivity index (χ2n) is 4.28. The predicted octanol–water partition coefficient (Wildman–Crippen LogP) is 2.73. The monoisotopic (exact) mass is 218 g/mol. The molecular weight excluding hydrogens is 203 g/mol. The summed E-state index contributed by atoms with van der Waals surface area (Å²) < 4.78 is 13.5. The summed E-state index contributed by atoms with van der Waals surface area (Å²) in [7, 11) is 0. The van der Waals surface area contributed by atoms with Crippen molar-refractivity contribution in [3.05, 3.63) is 35.1 Å². The van der Waals surface area contributed by atoms with Crippen molar-refractivity contribution in [3.8, 4) is 6.07 Å². The van der Waals surface area contributed by atoms with Crippen LogP contribution >= 0.6 is 0 Å². The third-order valence-corrected chi connectivity index (χ3v) is 3.12. The van der Waals surface area contributed by atoms with Gasteiger partial charge in [-0.15, -0.1) is 0 Å². The lowest BCUT2D eigenvalue weighted by atomic mass is 10.1. The number of halogens is 1. The van der Waals surface area contributed by atoms with Gasteiger partial charge in [0.1, 0.15) is 5.82 Å². The van der Waals surface area contributed by atoms with Crippen LogP contribution in [0.4, 0.5) is 4.39 Å². The second-order valence-corrected chi connectivity index (χ2v) is 4.28. The molecule has 1 aromatic carbocycles. The van der Waals surface area contributed by atoms with Gasteiger partial charge >= 0.3 is 0 Å². The molecule has 1 N–H and O–H groups in total. The summed E-state index contributed by atoms with van der Waals surface area (Å²) in [5.41, 5.74) is 1.02. The van der Waals surface area contributed by atoms with Gasteiger partial charge in [0.15, 0.2) is 0 Å². The molecule has 84 valence electrons. The van der Waals surface area contributed by atoms with Crippen LogP contribution in [0.1, 0.15) is 36.8 Å². The molecule has 16 heavy (non-hydrogen) atoms. The zero-order valence-electron chi connectivity index (χ0n) is 9.17. The summed E-state index contributed by atoms with van der Waals surface area (Å²) in [5, 5.41) is 12.0. The zero-order chi connectivity index (χ0) is 11.4. The van der Waals surface area contributed by atoms with Crippen molar-refractivity contribution in [2.45, 2.75) is 38.3 Å². The topological polar surface area (TPSA) is 35.8 Å². The second kappa shape index (κ2) is 5.09. The van der Waals surface area contributed by atoms with Gasteiger partial charge in [-0.1, -0.05) is 18.9 Å². The average molecular weight is 218 g/mol. The molecule has 0 heterocycles. The SMILES string of the molecule is N#Cc1ccc(CNC2CCCC2)c(F)c1. The molecule has 0 atom stereocenters. The van der Waals surface area contributed by atoms with Gasteiger partial charge in [-0.3, -0.25) is 0 Å². The van der Waals surface area contributed by atoms with Crippen molar-refractivity contribution in [1.29, 1.82) is 5.26 Å². The maximum atomic E-state index is 13.5. The average Bonchev–Trinajstić information content (AvgIpc) is 2.80. The molecule has 0 radical (unpaired) electrons. The van der Waals surface area contributed by atoms with E-state index in [0.717, 1.165) is 0 Å². The third kappa shape index (κ3) is 2.59. The van der Waals surface area contributed by atoms with E-state index in [1.807, 2.05) is 6.07 Å². The van der Waals surface area contributed by atoms with Gasteiger partial charge in [-0.25, -0.2) is 4.39 Å². The van der Waals surface area contributed by atoms with Crippen molar-refractivity contribution < 1.29 is 4.39 Å². The summed E-state index contributed by atoms with van der Waals surface area (Å²) in [5.74, 6) is -0.287. The highest BCUT2D eigenvalue weighted by Gasteiger charge is 2.14. The first-order chi connectivity index (χ1) is 7.79. The summed E-state index contributed by atoms with van der Waals surface area (Å²) in [4.78, 5) is 0. The lowest BCUT2D eigenvalue weighted by molar-refractivity contribution is 0.509. The number of benzene rings is 1. The van der Waals surface area contributed by atoms with Crippen LogP contribution < -0.4 is 5.32 Å². The Kier molecular flexibility index (Phi) is 3.53. The largest absolute Gasteiger partial charge is 0.310 e. The predicted molar refractivity (Wildman–Crippen MR) is 60.2 cm³/mol. The van der Waals surface area contributed by atoms with E-state index in [-0.39, 0.29) is 5.82 Å². The highest BCUT2D eigenvalue weighted by atomic mass is 19.1. The van der Waals surface area contributed by atoms with Crippen LogP contribution in [0.15, 0.2) is 18.2 Å². The van der Waals surface area contributed by atoms with E-state index in [1.165, 1.54) is 31.7 Å². The summed E-state index contributed by atoms with van der Waals surface area (Å²) >= 11 is 0. The highest BCUT2D eigenvalue weighted by Crippen LogP contribution is 2.18. The summed E-state index contributed by atoms with van der Waals surface area (Å²) in [6.07, 6.45) is 4.93. The summed E-state index contributed by atoms with van der Waals surface area (Å²) in [6.45, 7) is 0.558. The fraction of sp³-hybridized carbons (Fsp3) is 0.462. The van der Waals surface area contributed by atoms with E-state index in [0.29, 0.717) is 23.7 Å². The fourth-order valence-corrected chi connectivity index (χ4v) is 2.14. The van der Waals surface area contributed by atoms with Crippen LogP contribution in [0.5, 0.6) is 0 Å². The normalized spacial score (nSPS) is 16.2. The molecule has 0 aromatic heterocycles. The molecule has 0 spiro atoms. The number of nitriles is 1. The number of hydrogen-bond donors (Lipinski definition) is 1. The Labute approximate surface area is 95.1 Å². The Morgan fingerprint density at radius 2 is 2.12 bits per heavy atom. The van der Waals surface area contributed by atoms with Crippen LogP contribution in [0.25, 0.3) is 0 Å². The Morgan fingerprint density at radius 3 is 2.75 bits per heavy atom. The maximum Gasteiger partial charge on any atom is 0.129 e. The van der Waals surface area contributed by atoms with Gasteiger partial charge in [0, 0.05) is 18.2 Å². The van der Waals surface area contributed by atoms with Crippen LogP contribution in [-0.2, 0) is 6.54 Å². The van der Waals surface area contributed by atoms with Crippen molar-refractivity contribution in [2.24, 2.45) is 0 Å². The maximum absolute atomic E-state index is 13.5. The quantitative estimate of drug-likeness (QED) is 0.846. The van der Waals surface area contributed by atoms with E-state index >= 15 is 0 Å². The smallest absolute Gasteiger partial charge is 0.129 e. The standard InChI is InChI=1S/C13H15FN2/c14-13-7-10(8-15)5-6-11(13)9-16-12-3-1-2-4-12/h5-7,12,16H,1-4,9H2. The van der Waals surface area contributed by atoms with Crippen molar-refractivity contribution >= 4 is 0 Å². The van der Waals surface area contributed by atoms with Crippen molar-refractivity contribution in [1.82, 2.24) is 5.32 Å². The van der Waals surface area contributed by atoms with Gasteiger partial charge in [-0.2, -0.15) is 5.26 Å². The van der Waals surface area contributed by atoms with Gasteiger partial charge in [0.2, 0.25) is 0 Å². The Balaban J connectivity index is 1.96. The zero-order valence-corrected chi connectivity index (χ0v) is 9.17. The molecule has 3 heteroatoms. The molecule has 0 saturated heterocycles. The Bertz CT molecular complexity index is 403. The Morgan fingerprint density at radius 1 is 1.38 bits per heavy atom. The van der Waals surface area contributed by atoms with Gasteiger partial charge in [0.25, 0.3) is 0 Å². The van der Waals surface area contributed by atoms with E-state index in [2.05, 4.69) is 5.32 Å². The minimum Gasteiger partial charge on any atom is -0.310 e. The lowest BCUT2D eigenvalue weighted by Gasteiger charge is -2.12. The number of hydrogen-bond acceptors (Lipinski definition) is 2. The van der Waals surface area contributed by atoms with E-state index in [4.69, 9.17) is 5.26 Å². The van der Waals surface area contributed by atoms with E-state index < -0.39 is 0 Å². The lowest BCUT2D eigenvalue weighted by Crippen LogP contribution is -2.25. The molecule has 0 unspecified atom stereocenters. The van der Waals surface area contributed by atoms with Crippen LogP contribution in [0.2, 0.25) is 0 Å².